The molecule has 0 fully saturated rings. The van der Waals surface area contributed by atoms with Crippen LogP contribution in [0.5, 0.6) is 5.75 Å². The summed E-state index contributed by atoms with van der Waals surface area (Å²) in [5.41, 5.74) is 5.02. The Hall–Kier alpha value is -3.31. The minimum atomic E-state index is -0.355. The quantitative estimate of drug-likeness (QED) is 0.140. The number of carbonyl (C=O) groups is 1. The molecule has 0 bridgehead atoms. The van der Waals surface area contributed by atoms with Crippen molar-refractivity contribution >= 4 is 5.97 Å². The van der Waals surface area contributed by atoms with Crippen LogP contribution in [0.4, 0.5) is 0 Å². The first-order valence-electron chi connectivity index (χ1n) is 12.2. The minimum absolute atomic E-state index is 0.355. The molecule has 0 radical (unpaired) electrons. The van der Waals surface area contributed by atoms with Crippen LogP contribution in [0.3, 0.4) is 0 Å². The lowest BCUT2D eigenvalue weighted by Gasteiger charge is -2.06. The van der Waals surface area contributed by atoms with Crippen LogP contribution in [-0.4, -0.2) is 5.97 Å². The van der Waals surface area contributed by atoms with Gasteiger partial charge in [-0.15, -0.1) is 0 Å². The molecule has 3 aromatic carbocycles. The van der Waals surface area contributed by atoms with Crippen LogP contribution in [-0.2, 0) is 12.8 Å². The van der Waals surface area contributed by atoms with Gasteiger partial charge >= 0.3 is 5.97 Å². The lowest BCUT2D eigenvalue weighted by atomic mass is 10.1. The summed E-state index contributed by atoms with van der Waals surface area (Å²) in [4.78, 5) is 12.5. The zero-order valence-corrected chi connectivity index (χ0v) is 19.9. The van der Waals surface area contributed by atoms with Crippen molar-refractivity contribution in [1.82, 2.24) is 0 Å². The van der Waals surface area contributed by atoms with Gasteiger partial charge in [0.25, 0.3) is 0 Å². The van der Waals surface area contributed by atoms with Crippen molar-refractivity contribution in [2.45, 2.75) is 65.2 Å². The minimum Gasteiger partial charge on any atom is -0.423 e. The fourth-order valence-electron chi connectivity index (χ4n) is 3.64. The number of rotatable bonds is 10. The summed E-state index contributed by atoms with van der Waals surface area (Å²) in [6.07, 6.45) is 9.59. The second kappa shape index (κ2) is 13.3. The summed E-state index contributed by atoms with van der Waals surface area (Å²) in [5, 5.41) is 0. The Morgan fingerprint density at radius 3 is 1.58 bits per heavy atom. The summed E-state index contributed by atoms with van der Waals surface area (Å²) in [6.45, 7) is 4.43. The zero-order valence-electron chi connectivity index (χ0n) is 19.9. The van der Waals surface area contributed by atoms with E-state index in [0.717, 1.165) is 24.0 Å². The molecule has 0 unspecified atom stereocenters. The highest BCUT2D eigenvalue weighted by atomic mass is 16.5. The number of carbonyl (C=O) groups excluding carboxylic acids is 1. The highest BCUT2D eigenvalue weighted by Crippen LogP contribution is 2.16. The number of unbranched alkanes of at least 4 members (excludes halogenated alkanes) is 4. The van der Waals surface area contributed by atoms with Crippen molar-refractivity contribution in [3.05, 3.63) is 101 Å². The van der Waals surface area contributed by atoms with Gasteiger partial charge in [-0.3, -0.25) is 0 Å². The van der Waals surface area contributed by atoms with E-state index in [-0.39, 0.29) is 5.97 Å². The SMILES string of the molecule is CCCCCc1ccc(C#Cc2ccc(C(=O)Oc3ccc(CCCCC)cc3)cc2)cc1. The van der Waals surface area contributed by atoms with Crippen molar-refractivity contribution < 1.29 is 9.53 Å². The number of aryl methyl sites for hydroxylation is 2. The summed E-state index contributed by atoms with van der Waals surface area (Å²) in [7, 11) is 0. The highest BCUT2D eigenvalue weighted by molar-refractivity contribution is 5.91. The fraction of sp³-hybridized carbons (Fsp3) is 0.323. The van der Waals surface area contributed by atoms with Gasteiger partial charge in [-0.2, -0.15) is 0 Å². The third-order valence-corrected chi connectivity index (χ3v) is 5.70. The summed E-state index contributed by atoms with van der Waals surface area (Å²) >= 11 is 0. The molecule has 0 aliphatic heterocycles. The Morgan fingerprint density at radius 1 is 0.636 bits per heavy atom. The fourth-order valence-corrected chi connectivity index (χ4v) is 3.64. The van der Waals surface area contributed by atoms with Gasteiger partial charge in [0.1, 0.15) is 5.75 Å². The number of hydrogen-bond donors (Lipinski definition) is 0. The van der Waals surface area contributed by atoms with Crippen LogP contribution in [0.15, 0.2) is 72.8 Å². The third-order valence-electron chi connectivity index (χ3n) is 5.70. The van der Waals surface area contributed by atoms with Crippen LogP contribution in [0.1, 0.15) is 85.0 Å². The largest absolute Gasteiger partial charge is 0.423 e. The first kappa shape index (κ1) is 24.3. The molecule has 0 aromatic heterocycles. The average molecular weight is 439 g/mol. The molecule has 3 aromatic rings. The van der Waals surface area contributed by atoms with Crippen LogP contribution in [0.2, 0.25) is 0 Å². The van der Waals surface area contributed by atoms with Crippen molar-refractivity contribution in [3.8, 4) is 17.6 Å². The number of benzene rings is 3. The molecule has 33 heavy (non-hydrogen) atoms. The van der Waals surface area contributed by atoms with Crippen molar-refractivity contribution in [3.63, 3.8) is 0 Å². The molecule has 0 atom stereocenters. The molecule has 0 saturated heterocycles. The molecular weight excluding hydrogens is 404 g/mol. The van der Waals surface area contributed by atoms with Gasteiger partial charge in [0.15, 0.2) is 0 Å². The van der Waals surface area contributed by atoms with E-state index in [1.54, 1.807) is 12.1 Å². The number of esters is 1. The van der Waals surface area contributed by atoms with Gasteiger partial charge < -0.3 is 4.74 Å². The Morgan fingerprint density at radius 2 is 1.09 bits per heavy atom. The van der Waals surface area contributed by atoms with Gasteiger partial charge in [-0.1, -0.05) is 75.6 Å². The summed E-state index contributed by atoms with van der Waals surface area (Å²) in [6, 6.07) is 23.5. The van der Waals surface area contributed by atoms with E-state index in [1.165, 1.54) is 49.7 Å². The van der Waals surface area contributed by atoms with Gasteiger partial charge in [-0.25, -0.2) is 4.79 Å². The topological polar surface area (TPSA) is 26.3 Å². The van der Waals surface area contributed by atoms with Crippen LogP contribution >= 0.6 is 0 Å². The van der Waals surface area contributed by atoms with Gasteiger partial charge in [0.2, 0.25) is 0 Å². The van der Waals surface area contributed by atoms with Crippen LogP contribution in [0.25, 0.3) is 0 Å². The van der Waals surface area contributed by atoms with E-state index < -0.39 is 0 Å². The van der Waals surface area contributed by atoms with Crippen molar-refractivity contribution in [1.29, 1.82) is 0 Å². The summed E-state index contributed by atoms with van der Waals surface area (Å²) < 4.78 is 5.52. The maximum Gasteiger partial charge on any atom is 0.343 e. The van der Waals surface area contributed by atoms with Crippen LogP contribution in [0, 0.1) is 11.8 Å². The van der Waals surface area contributed by atoms with Crippen molar-refractivity contribution in [2.24, 2.45) is 0 Å². The molecule has 0 amide bonds. The Kier molecular flexibility index (Phi) is 9.80. The maximum atomic E-state index is 12.5. The lowest BCUT2D eigenvalue weighted by molar-refractivity contribution is 0.0734. The standard InChI is InChI=1S/C31H34O2/c1-3-5-7-9-25-11-13-27(14-12-25)15-16-28-17-21-29(22-18-28)31(32)33-30-23-19-26(20-24-30)10-8-6-4-2/h11-14,17-24H,3-10H2,1-2H3. The van der Waals surface area contributed by atoms with Gasteiger partial charge in [0, 0.05) is 11.1 Å². The van der Waals surface area contributed by atoms with E-state index in [1.807, 2.05) is 36.4 Å². The monoisotopic (exact) mass is 438 g/mol. The predicted molar refractivity (Wildman–Crippen MR) is 137 cm³/mol. The molecule has 0 spiro atoms. The normalized spacial score (nSPS) is 10.4. The molecule has 0 saturated carbocycles. The zero-order chi connectivity index (χ0) is 23.3. The first-order valence-corrected chi connectivity index (χ1v) is 12.2. The average Bonchev–Trinajstić information content (AvgIpc) is 2.85. The Bertz CT molecular complexity index is 1050. The maximum absolute atomic E-state index is 12.5. The van der Waals surface area contributed by atoms with Gasteiger partial charge in [0.05, 0.1) is 5.56 Å². The molecular formula is C31H34O2. The van der Waals surface area contributed by atoms with E-state index in [4.69, 9.17) is 4.74 Å². The first-order chi connectivity index (χ1) is 16.2. The third kappa shape index (κ3) is 8.28. The predicted octanol–water partition coefficient (Wildman–Crippen LogP) is 7.77. The van der Waals surface area contributed by atoms with Crippen molar-refractivity contribution in [2.75, 3.05) is 0 Å². The molecule has 0 aliphatic rings. The number of hydrogen-bond acceptors (Lipinski definition) is 2. The summed E-state index contributed by atoms with van der Waals surface area (Å²) in [5.74, 6) is 6.59. The second-order valence-corrected chi connectivity index (χ2v) is 8.47. The van der Waals surface area contributed by atoms with Gasteiger partial charge in [-0.05, 0) is 85.3 Å². The van der Waals surface area contributed by atoms with E-state index >= 15 is 0 Å². The number of ether oxygens (including phenoxy) is 1. The lowest BCUT2D eigenvalue weighted by Crippen LogP contribution is -2.08. The molecule has 0 N–H and O–H groups in total. The van der Waals surface area contributed by atoms with E-state index in [0.29, 0.717) is 11.3 Å². The molecule has 0 aliphatic carbocycles. The second-order valence-electron chi connectivity index (χ2n) is 8.47. The molecule has 3 rings (SSSR count). The van der Waals surface area contributed by atoms with Crippen LogP contribution < -0.4 is 4.74 Å². The molecule has 2 nitrogen and oxygen atoms in total. The molecule has 170 valence electrons. The molecule has 0 heterocycles. The van der Waals surface area contributed by atoms with E-state index in [2.05, 4.69) is 50.0 Å². The Balaban J connectivity index is 1.53. The Labute approximate surface area is 199 Å². The smallest absolute Gasteiger partial charge is 0.343 e. The highest BCUT2D eigenvalue weighted by Gasteiger charge is 2.08. The molecule has 2 heteroatoms. The van der Waals surface area contributed by atoms with E-state index in [9.17, 15) is 4.79 Å².